The SMILES string of the molecule is C=C[C@H]1C[C@]1(NC(=O)[C@@H]1C[C@@H]2CN1C(=O)[C@H](C(C)(C)C)NC(=O)OCCCCCc1cc(S(C)(=O)=O)c3ccnc(c3c1)O2)C(=O)NS(=O)(=O)C1CC1. The number of fused-ring (bicyclic) bond motifs is 3. The van der Waals surface area contributed by atoms with E-state index in [1.54, 1.807) is 32.9 Å². The first-order valence-corrected chi connectivity index (χ1v) is 21.3. The number of amides is 4. The number of nitrogens with zero attached hydrogens (tertiary/aromatic N) is 2. The Hall–Kier alpha value is -4.25. The first-order chi connectivity index (χ1) is 24.8. The topological polar surface area (TPSA) is 207 Å². The predicted octanol–water partition coefficient (Wildman–Crippen LogP) is 2.52. The van der Waals surface area contributed by atoms with Gasteiger partial charge in [0.15, 0.2) is 9.84 Å². The highest BCUT2D eigenvalue weighted by molar-refractivity contribution is 7.91. The van der Waals surface area contributed by atoms with Crippen LogP contribution in [-0.2, 0) is 45.4 Å². The van der Waals surface area contributed by atoms with Crippen molar-refractivity contribution in [1.29, 1.82) is 0 Å². The van der Waals surface area contributed by atoms with Crippen molar-refractivity contribution >= 4 is 54.4 Å². The summed E-state index contributed by atoms with van der Waals surface area (Å²) in [6, 6.07) is 2.72. The molecule has 3 heterocycles. The summed E-state index contributed by atoms with van der Waals surface area (Å²) in [7, 11) is -7.59. The molecule has 4 amide bonds. The van der Waals surface area contributed by atoms with E-state index in [9.17, 15) is 36.0 Å². The Morgan fingerprint density at radius 3 is 2.47 bits per heavy atom. The number of benzene rings is 1. The number of alkyl carbamates (subject to hydrolysis) is 1. The maximum absolute atomic E-state index is 14.5. The highest BCUT2D eigenvalue weighted by atomic mass is 32.2. The van der Waals surface area contributed by atoms with Gasteiger partial charge in [0, 0.05) is 35.6 Å². The van der Waals surface area contributed by atoms with Crippen LogP contribution in [0.3, 0.4) is 0 Å². The van der Waals surface area contributed by atoms with Crippen LogP contribution in [0.2, 0.25) is 0 Å². The molecular formula is C36H47N5O10S2. The summed E-state index contributed by atoms with van der Waals surface area (Å²) < 4.78 is 65.2. The second-order valence-corrected chi connectivity index (χ2v) is 19.6. The summed E-state index contributed by atoms with van der Waals surface area (Å²) in [5.41, 5.74) is -1.69. The number of pyridine rings is 1. The highest BCUT2D eigenvalue weighted by Gasteiger charge is 2.62. The lowest BCUT2D eigenvalue weighted by molar-refractivity contribution is -0.142. The fourth-order valence-corrected chi connectivity index (χ4v) is 9.43. The van der Waals surface area contributed by atoms with Crippen molar-refractivity contribution in [2.24, 2.45) is 11.3 Å². The molecule has 53 heavy (non-hydrogen) atoms. The number of cyclic esters (lactones) is 1. The first kappa shape index (κ1) is 38.5. The van der Waals surface area contributed by atoms with E-state index in [0.717, 1.165) is 11.8 Å². The van der Waals surface area contributed by atoms with Crippen molar-refractivity contribution in [1.82, 2.24) is 25.2 Å². The number of carbonyl (C=O) groups is 4. The van der Waals surface area contributed by atoms with Crippen LogP contribution in [0.4, 0.5) is 4.79 Å². The van der Waals surface area contributed by atoms with Crippen molar-refractivity contribution in [2.45, 2.75) is 106 Å². The summed E-state index contributed by atoms with van der Waals surface area (Å²) in [6.07, 6.45) is 5.77. The third kappa shape index (κ3) is 8.15. The lowest BCUT2D eigenvalue weighted by Gasteiger charge is -2.35. The quantitative estimate of drug-likeness (QED) is 0.349. The Kier molecular flexibility index (Phi) is 10.3. The fourth-order valence-electron chi connectivity index (χ4n) is 7.13. The lowest BCUT2D eigenvalue weighted by Crippen LogP contribution is -2.60. The number of sulfone groups is 1. The molecule has 17 heteroatoms. The Balaban J connectivity index is 1.37. The zero-order chi connectivity index (χ0) is 38.5. The van der Waals surface area contributed by atoms with Gasteiger partial charge in [-0.2, -0.15) is 0 Å². The number of hydrogen-bond acceptors (Lipinski definition) is 11. The minimum absolute atomic E-state index is 0.0631. The molecule has 0 unspecified atom stereocenters. The number of nitrogens with one attached hydrogen (secondary N) is 3. The van der Waals surface area contributed by atoms with E-state index in [1.807, 2.05) is 6.07 Å². The second-order valence-electron chi connectivity index (χ2n) is 15.6. The van der Waals surface area contributed by atoms with Crippen molar-refractivity contribution in [3.05, 3.63) is 42.6 Å². The van der Waals surface area contributed by atoms with E-state index in [2.05, 4.69) is 26.9 Å². The van der Waals surface area contributed by atoms with Gasteiger partial charge in [0.1, 0.15) is 23.7 Å². The molecule has 15 nitrogen and oxygen atoms in total. The van der Waals surface area contributed by atoms with Crippen LogP contribution in [0.15, 0.2) is 41.9 Å². The minimum Gasteiger partial charge on any atom is -0.472 e. The van der Waals surface area contributed by atoms with Crippen LogP contribution in [0, 0.1) is 11.3 Å². The van der Waals surface area contributed by atoms with Crippen LogP contribution in [0.1, 0.15) is 71.3 Å². The normalized spacial score (nSPS) is 27.1. The van der Waals surface area contributed by atoms with Gasteiger partial charge in [0.25, 0.3) is 5.91 Å². The molecule has 6 rings (SSSR count). The Morgan fingerprint density at radius 1 is 1.09 bits per heavy atom. The zero-order valence-corrected chi connectivity index (χ0v) is 32.0. The van der Waals surface area contributed by atoms with Crippen molar-refractivity contribution in [2.75, 3.05) is 19.4 Å². The molecule has 3 fully saturated rings. The summed E-state index contributed by atoms with van der Waals surface area (Å²) in [6.45, 7) is 8.99. The Labute approximate surface area is 309 Å². The number of aryl methyl sites for hydroxylation is 1. The number of hydrogen-bond donors (Lipinski definition) is 3. The molecule has 1 aromatic carbocycles. The maximum atomic E-state index is 14.5. The molecule has 4 bridgehead atoms. The third-order valence-electron chi connectivity index (χ3n) is 10.4. The molecule has 2 aliphatic heterocycles. The fraction of sp³-hybridized carbons (Fsp3) is 0.583. The Bertz CT molecular complexity index is 2060. The zero-order valence-electron chi connectivity index (χ0n) is 30.3. The standard InChI is InChI=1S/C36H47N5O10S2/c1-6-22-19-36(22,33(44)40-53(48,49)24-11-12-24)39-30(42)27-18-23-20-41(27)32(43)29(35(2,3)4)38-34(45)50-15-9-7-8-10-21-16-26-25(13-14-37-31(26)51-23)28(17-21)52(5,46)47/h6,13-14,16-17,22-24,27,29H,1,7-12,15,18-20H2,2-5H3,(H,38,45)(H,39,42)(H,40,44)/t22-,23+,27-,29+,36+/m0/s1. The van der Waals surface area contributed by atoms with E-state index < -0.39 is 84.0 Å². The number of ether oxygens (including phenoxy) is 2. The molecule has 4 aliphatic rings. The molecule has 3 N–H and O–H groups in total. The monoisotopic (exact) mass is 773 g/mol. The molecule has 0 spiro atoms. The van der Waals surface area contributed by atoms with Crippen LogP contribution in [0.5, 0.6) is 5.88 Å². The van der Waals surface area contributed by atoms with Crippen molar-refractivity contribution in [3.63, 3.8) is 0 Å². The van der Waals surface area contributed by atoms with Crippen molar-refractivity contribution in [3.8, 4) is 5.88 Å². The number of rotatable bonds is 7. The van der Waals surface area contributed by atoms with Gasteiger partial charge in [-0.15, -0.1) is 6.58 Å². The molecular weight excluding hydrogens is 727 g/mol. The molecule has 5 atom stereocenters. The van der Waals surface area contributed by atoms with Crippen LogP contribution in [-0.4, -0.2) is 98.9 Å². The van der Waals surface area contributed by atoms with Crippen LogP contribution in [0.25, 0.3) is 10.8 Å². The number of sulfonamides is 1. The van der Waals surface area contributed by atoms with Gasteiger partial charge in [-0.25, -0.2) is 26.6 Å². The molecule has 1 aromatic heterocycles. The van der Waals surface area contributed by atoms with E-state index in [0.29, 0.717) is 49.3 Å². The van der Waals surface area contributed by atoms with Gasteiger partial charge in [0.05, 0.1) is 23.3 Å². The van der Waals surface area contributed by atoms with Gasteiger partial charge in [0.2, 0.25) is 27.7 Å². The Morgan fingerprint density at radius 2 is 1.83 bits per heavy atom. The van der Waals surface area contributed by atoms with E-state index in [-0.39, 0.29) is 36.8 Å². The summed E-state index contributed by atoms with van der Waals surface area (Å²) in [4.78, 5) is 61.0. The van der Waals surface area contributed by atoms with Gasteiger partial charge >= 0.3 is 6.09 Å². The number of aromatic nitrogens is 1. The average Bonchev–Trinajstić information content (AvgIpc) is 4.00. The van der Waals surface area contributed by atoms with Crippen molar-refractivity contribution < 1.29 is 45.5 Å². The molecule has 2 aromatic rings. The first-order valence-electron chi connectivity index (χ1n) is 17.9. The smallest absolute Gasteiger partial charge is 0.407 e. The van der Waals surface area contributed by atoms with E-state index >= 15 is 0 Å². The van der Waals surface area contributed by atoms with Gasteiger partial charge in [-0.3, -0.25) is 19.1 Å². The van der Waals surface area contributed by atoms with Gasteiger partial charge < -0.3 is 25.0 Å². The predicted molar refractivity (Wildman–Crippen MR) is 194 cm³/mol. The van der Waals surface area contributed by atoms with E-state index in [4.69, 9.17) is 9.47 Å². The van der Waals surface area contributed by atoms with Gasteiger partial charge in [-0.05, 0) is 74.1 Å². The third-order valence-corrected chi connectivity index (χ3v) is 13.3. The maximum Gasteiger partial charge on any atom is 0.407 e. The second kappa shape index (κ2) is 14.2. The van der Waals surface area contributed by atoms with Crippen LogP contribution >= 0.6 is 0 Å². The molecule has 1 saturated heterocycles. The van der Waals surface area contributed by atoms with Gasteiger partial charge in [-0.1, -0.05) is 26.8 Å². The average molecular weight is 774 g/mol. The summed E-state index contributed by atoms with van der Waals surface area (Å²) in [5.74, 6) is -2.63. The van der Waals surface area contributed by atoms with Crippen LogP contribution < -0.4 is 20.1 Å². The molecule has 2 saturated carbocycles. The highest BCUT2D eigenvalue weighted by Crippen LogP contribution is 2.45. The molecule has 0 radical (unpaired) electrons. The molecule has 288 valence electrons. The lowest BCUT2D eigenvalue weighted by atomic mass is 9.85. The van der Waals surface area contributed by atoms with E-state index in [1.165, 1.54) is 17.2 Å². The largest absolute Gasteiger partial charge is 0.472 e. The summed E-state index contributed by atoms with van der Waals surface area (Å²) >= 11 is 0. The number of carbonyl (C=O) groups excluding carboxylic acids is 4. The summed E-state index contributed by atoms with van der Waals surface area (Å²) in [5, 5.41) is 5.65. The molecule has 2 aliphatic carbocycles. The minimum atomic E-state index is -3.93.